The van der Waals surface area contributed by atoms with Crippen molar-refractivity contribution in [2.75, 3.05) is 11.4 Å². The van der Waals surface area contributed by atoms with Crippen molar-refractivity contribution in [3.05, 3.63) is 16.3 Å². The molecule has 4 nitrogen and oxygen atoms in total. The minimum absolute atomic E-state index is 0.00529. The predicted octanol–water partition coefficient (Wildman–Crippen LogP) is 3.50. The number of hydrogen-bond donors (Lipinski definition) is 1. The summed E-state index contributed by atoms with van der Waals surface area (Å²) in [4.78, 5) is 27.8. The maximum atomic E-state index is 12.5. The highest BCUT2D eigenvalue weighted by atomic mass is 32.1. The molecule has 0 bridgehead atoms. The summed E-state index contributed by atoms with van der Waals surface area (Å²) in [6, 6.07) is 2.34. The maximum absolute atomic E-state index is 12.5. The molecule has 2 saturated carbocycles. The summed E-state index contributed by atoms with van der Waals surface area (Å²) in [7, 11) is 0. The van der Waals surface area contributed by atoms with Crippen LogP contribution in [0.3, 0.4) is 0 Å². The van der Waals surface area contributed by atoms with E-state index in [4.69, 9.17) is 0 Å². The van der Waals surface area contributed by atoms with Crippen molar-refractivity contribution in [2.24, 2.45) is 11.8 Å². The molecule has 1 N–H and O–H groups in total. The van der Waals surface area contributed by atoms with Crippen molar-refractivity contribution in [3.8, 4) is 0 Å². The van der Waals surface area contributed by atoms with Gasteiger partial charge in [0.15, 0.2) is 0 Å². The molecule has 1 aromatic heterocycles. The molecule has 5 heteroatoms. The first kappa shape index (κ1) is 16.1. The summed E-state index contributed by atoms with van der Waals surface area (Å²) >= 11 is 1.69. The number of rotatable bonds is 4. The highest BCUT2D eigenvalue weighted by Crippen LogP contribution is 2.44. The first-order valence-corrected chi connectivity index (χ1v) is 10.3. The minimum atomic E-state index is 0.00529. The van der Waals surface area contributed by atoms with Crippen molar-refractivity contribution in [1.29, 1.82) is 0 Å². The molecular weight excluding hydrogens is 320 g/mol. The lowest BCUT2D eigenvalue weighted by atomic mass is 9.85. The Morgan fingerprint density at radius 3 is 2.88 bits per heavy atom. The molecule has 1 aromatic rings. The third-order valence-corrected chi connectivity index (χ3v) is 6.82. The number of anilines is 1. The Bertz CT molecular complexity index is 621. The van der Waals surface area contributed by atoms with Gasteiger partial charge in [0.2, 0.25) is 11.8 Å². The monoisotopic (exact) mass is 346 g/mol. The molecule has 0 saturated heterocycles. The van der Waals surface area contributed by atoms with Crippen molar-refractivity contribution in [1.82, 2.24) is 5.32 Å². The summed E-state index contributed by atoms with van der Waals surface area (Å²) < 4.78 is 0. The van der Waals surface area contributed by atoms with Crippen molar-refractivity contribution in [3.63, 3.8) is 0 Å². The molecule has 2 amide bonds. The standard InChI is InChI=1S/C19H26N2O2S/c22-18(20-15-11-14(15)13-5-2-1-3-6-13)12-21-16-9-10-24-17(16)7-4-8-19(21)23/h9-10,13-15H,1-8,11-12H2,(H,20,22). The van der Waals surface area contributed by atoms with Crippen LogP contribution in [0.4, 0.5) is 5.69 Å². The van der Waals surface area contributed by atoms with Gasteiger partial charge in [0.25, 0.3) is 0 Å². The largest absolute Gasteiger partial charge is 0.352 e. The summed E-state index contributed by atoms with van der Waals surface area (Å²) in [5.74, 6) is 1.59. The van der Waals surface area contributed by atoms with Crippen molar-refractivity contribution < 1.29 is 9.59 Å². The van der Waals surface area contributed by atoms with Gasteiger partial charge in [0.05, 0.1) is 5.69 Å². The van der Waals surface area contributed by atoms with Crippen LogP contribution in [-0.4, -0.2) is 24.4 Å². The van der Waals surface area contributed by atoms with E-state index in [1.54, 1.807) is 16.2 Å². The molecule has 130 valence electrons. The topological polar surface area (TPSA) is 49.4 Å². The van der Waals surface area contributed by atoms with Crippen LogP contribution in [0.1, 0.15) is 56.2 Å². The van der Waals surface area contributed by atoms with Gasteiger partial charge in [-0.25, -0.2) is 0 Å². The second-order valence-corrected chi connectivity index (χ2v) is 8.53. The van der Waals surface area contributed by atoms with Gasteiger partial charge in [-0.1, -0.05) is 32.1 Å². The van der Waals surface area contributed by atoms with E-state index in [1.807, 2.05) is 11.4 Å². The highest BCUT2D eigenvalue weighted by molar-refractivity contribution is 7.10. The Hall–Kier alpha value is -1.36. The van der Waals surface area contributed by atoms with E-state index in [1.165, 1.54) is 37.0 Å². The number of carbonyl (C=O) groups excluding carboxylic acids is 2. The third kappa shape index (κ3) is 3.37. The number of hydrogen-bond acceptors (Lipinski definition) is 3. The van der Waals surface area contributed by atoms with Gasteiger partial charge in [-0.05, 0) is 42.5 Å². The number of carbonyl (C=O) groups is 2. The zero-order valence-electron chi connectivity index (χ0n) is 14.1. The van der Waals surface area contributed by atoms with E-state index in [-0.39, 0.29) is 18.4 Å². The molecule has 4 rings (SSSR count). The lowest BCUT2D eigenvalue weighted by Crippen LogP contribution is -2.41. The number of thiophene rings is 1. The molecule has 2 atom stereocenters. The van der Waals surface area contributed by atoms with Crippen LogP contribution in [-0.2, 0) is 16.0 Å². The van der Waals surface area contributed by atoms with Crippen LogP contribution in [0, 0.1) is 11.8 Å². The fourth-order valence-electron chi connectivity index (χ4n) is 4.46. The molecule has 2 heterocycles. The third-order valence-electron chi connectivity index (χ3n) is 5.85. The number of fused-ring (bicyclic) bond motifs is 1. The number of nitrogens with zero attached hydrogens (tertiary/aromatic N) is 1. The van der Waals surface area contributed by atoms with Crippen molar-refractivity contribution >= 4 is 28.8 Å². The molecule has 0 aromatic carbocycles. The zero-order chi connectivity index (χ0) is 16.5. The normalized spacial score (nSPS) is 27.5. The molecule has 0 spiro atoms. The fourth-order valence-corrected chi connectivity index (χ4v) is 5.39. The first-order valence-electron chi connectivity index (χ1n) is 9.38. The Labute approximate surface area is 147 Å². The van der Waals surface area contributed by atoms with Gasteiger partial charge >= 0.3 is 0 Å². The Kier molecular flexibility index (Phi) is 4.61. The fraction of sp³-hybridized carbons (Fsp3) is 0.684. The molecule has 0 radical (unpaired) electrons. The van der Waals surface area contributed by atoms with Crippen LogP contribution in [0.15, 0.2) is 11.4 Å². The SMILES string of the molecule is O=C(CN1C(=O)CCCc2sccc21)NC1CC1C1CCCCC1. The van der Waals surface area contributed by atoms with Gasteiger partial charge in [-0.15, -0.1) is 11.3 Å². The second-order valence-electron chi connectivity index (χ2n) is 7.53. The maximum Gasteiger partial charge on any atom is 0.240 e. The van der Waals surface area contributed by atoms with E-state index >= 15 is 0 Å². The average Bonchev–Trinajstić information content (AvgIpc) is 3.23. The predicted molar refractivity (Wildman–Crippen MR) is 96.2 cm³/mol. The molecular formula is C19H26N2O2S. The molecule has 2 aliphatic carbocycles. The smallest absolute Gasteiger partial charge is 0.240 e. The van der Waals surface area contributed by atoms with Crippen molar-refractivity contribution in [2.45, 2.75) is 63.8 Å². The van der Waals surface area contributed by atoms with Crippen LogP contribution in [0.25, 0.3) is 0 Å². The van der Waals surface area contributed by atoms with E-state index in [2.05, 4.69) is 5.32 Å². The summed E-state index contributed by atoms with van der Waals surface area (Å²) in [6.45, 7) is 0.177. The Morgan fingerprint density at radius 2 is 2.04 bits per heavy atom. The quantitative estimate of drug-likeness (QED) is 0.907. The summed E-state index contributed by atoms with van der Waals surface area (Å²) in [6.07, 6.45) is 10.3. The van der Waals surface area contributed by atoms with Gasteiger partial charge < -0.3 is 10.2 Å². The van der Waals surface area contributed by atoms with Gasteiger partial charge in [0.1, 0.15) is 6.54 Å². The van der Waals surface area contributed by atoms with Crippen LogP contribution in [0.5, 0.6) is 0 Å². The minimum Gasteiger partial charge on any atom is -0.352 e. The van der Waals surface area contributed by atoms with E-state index < -0.39 is 0 Å². The first-order chi connectivity index (χ1) is 11.7. The summed E-state index contributed by atoms with van der Waals surface area (Å²) in [5, 5.41) is 5.21. The lowest BCUT2D eigenvalue weighted by Gasteiger charge is -2.23. The molecule has 3 aliphatic rings. The van der Waals surface area contributed by atoms with Gasteiger partial charge in [-0.2, -0.15) is 0 Å². The summed E-state index contributed by atoms with van der Waals surface area (Å²) in [5.41, 5.74) is 0.956. The molecule has 2 fully saturated rings. The zero-order valence-corrected chi connectivity index (χ0v) is 14.9. The number of amides is 2. The van der Waals surface area contributed by atoms with E-state index in [9.17, 15) is 9.59 Å². The van der Waals surface area contributed by atoms with Gasteiger partial charge in [0, 0.05) is 17.3 Å². The van der Waals surface area contributed by atoms with E-state index in [0.29, 0.717) is 18.4 Å². The molecule has 2 unspecified atom stereocenters. The lowest BCUT2D eigenvalue weighted by molar-refractivity contribution is -0.124. The van der Waals surface area contributed by atoms with Crippen LogP contribution >= 0.6 is 11.3 Å². The van der Waals surface area contributed by atoms with Crippen LogP contribution in [0.2, 0.25) is 0 Å². The second kappa shape index (κ2) is 6.87. The average molecular weight is 346 g/mol. The number of nitrogens with one attached hydrogen (secondary N) is 1. The molecule has 1 aliphatic heterocycles. The van der Waals surface area contributed by atoms with E-state index in [0.717, 1.165) is 30.9 Å². The Balaban J connectivity index is 1.34. The number of aryl methyl sites for hydroxylation is 1. The highest BCUT2D eigenvalue weighted by Gasteiger charge is 2.44. The van der Waals surface area contributed by atoms with Gasteiger partial charge in [-0.3, -0.25) is 9.59 Å². The Morgan fingerprint density at radius 1 is 1.21 bits per heavy atom. The molecule has 24 heavy (non-hydrogen) atoms. The van der Waals surface area contributed by atoms with Crippen LogP contribution < -0.4 is 10.2 Å².